The summed E-state index contributed by atoms with van der Waals surface area (Å²) in [6, 6.07) is 0. The molecule has 0 aromatic rings. The minimum Gasteiger partial charge on any atom is -0.480 e. The Kier molecular flexibility index (Phi) is 11.8. The Morgan fingerprint density at radius 2 is 1.15 bits per heavy atom. The maximum Gasteiger partial charge on any atom is 0.330 e. The molecule has 0 spiro atoms. The molecule has 152 valence electrons. The van der Waals surface area contributed by atoms with Crippen molar-refractivity contribution < 1.29 is 48.8 Å². The summed E-state index contributed by atoms with van der Waals surface area (Å²) in [5.74, 6) is -5.18. The first kappa shape index (κ1) is 24.0. The Hall–Kier alpha value is -2.99. The van der Waals surface area contributed by atoms with Gasteiger partial charge >= 0.3 is 29.8 Å². The van der Waals surface area contributed by atoms with Crippen molar-refractivity contribution in [3.05, 3.63) is 12.7 Å². The zero-order valence-electron chi connectivity index (χ0n) is 14.5. The van der Waals surface area contributed by atoms with Crippen LogP contribution in [-0.4, -0.2) is 107 Å². The van der Waals surface area contributed by atoms with Crippen LogP contribution < -0.4 is 0 Å². The number of carbonyl (C=O) groups is 5. The molecule has 27 heavy (non-hydrogen) atoms. The van der Waals surface area contributed by atoms with Crippen LogP contribution in [0.3, 0.4) is 0 Å². The zero-order valence-corrected chi connectivity index (χ0v) is 14.5. The summed E-state index contributed by atoms with van der Waals surface area (Å²) in [5.41, 5.74) is 0. The Balaban J connectivity index is 4.54. The first-order chi connectivity index (χ1) is 12.6. The highest BCUT2D eigenvalue weighted by molar-refractivity contribution is 5.81. The van der Waals surface area contributed by atoms with Crippen LogP contribution in [0, 0.1) is 0 Å². The van der Waals surface area contributed by atoms with Crippen LogP contribution in [0.1, 0.15) is 0 Å². The van der Waals surface area contributed by atoms with E-state index in [1.807, 2.05) is 0 Å². The highest BCUT2D eigenvalue weighted by Crippen LogP contribution is 1.96. The van der Waals surface area contributed by atoms with Gasteiger partial charge in [0.2, 0.25) is 0 Å². The molecule has 0 atom stereocenters. The van der Waals surface area contributed by atoms with E-state index in [0.717, 1.165) is 15.9 Å². The number of carboxylic acids is 3. The van der Waals surface area contributed by atoms with Crippen molar-refractivity contribution in [2.24, 2.45) is 0 Å². The van der Waals surface area contributed by atoms with Crippen molar-refractivity contribution in [2.75, 3.05) is 52.5 Å². The molecule has 0 amide bonds. The molecule has 0 unspecified atom stereocenters. The van der Waals surface area contributed by atoms with Gasteiger partial charge in [0.15, 0.2) is 0 Å². The Morgan fingerprint density at radius 1 is 0.741 bits per heavy atom. The van der Waals surface area contributed by atoms with Crippen molar-refractivity contribution >= 4 is 29.8 Å². The van der Waals surface area contributed by atoms with Gasteiger partial charge in [-0.1, -0.05) is 6.58 Å². The summed E-state index contributed by atoms with van der Waals surface area (Å²) in [7, 11) is 0. The number of hydrogen-bond donors (Lipinski definition) is 3. The molecule has 3 N–H and O–H groups in total. The second-order valence-electron chi connectivity index (χ2n) is 5.19. The molecule has 12 heteroatoms. The molecule has 0 aliphatic carbocycles. The fourth-order valence-electron chi connectivity index (χ4n) is 1.87. The van der Waals surface area contributed by atoms with E-state index in [-0.39, 0.29) is 26.3 Å². The predicted octanol–water partition coefficient (Wildman–Crippen LogP) is -1.88. The van der Waals surface area contributed by atoms with E-state index in [2.05, 4.69) is 11.3 Å². The standard InChI is InChI=1S/C15H22N2O10/c1-2-14(24)26-5-6-27-15(25)10-17(9-13(22)23)4-3-16(7-11(18)19)8-12(20)21/h2H,1,3-10H2,(H,18,19)(H,20,21)(H,22,23). The number of ether oxygens (including phenoxy) is 2. The molecular formula is C15H22N2O10. The summed E-state index contributed by atoms with van der Waals surface area (Å²) in [4.78, 5) is 57.2. The van der Waals surface area contributed by atoms with Gasteiger partial charge in [-0.3, -0.25) is 29.0 Å². The summed E-state index contributed by atoms with van der Waals surface area (Å²) in [5, 5.41) is 26.4. The average Bonchev–Trinajstić information content (AvgIpc) is 2.54. The number of hydrogen-bond acceptors (Lipinski definition) is 9. The van der Waals surface area contributed by atoms with Gasteiger partial charge in [-0.2, -0.15) is 0 Å². The third-order valence-corrected chi connectivity index (χ3v) is 2.92. The molecule has 0 aromatic heterocycles. The van der Waals surface area contributed by atoms with E-state index >= 15 is 0 Å². The minimum atomic E-state index is -1.24. The highest BCUT2D eigenvalue weighted by Gasteiger charge is 2.19. The number of esters is 2. The molecular weight excluding hydrogens is 368 g/mol. The van der Waals surface area contributed by atoms with Crippen LogP contribution in [0.5, 0.6) is 0 Å². The summed E-state index contributed by atoms with van der Waals surface area (Å²) < 4.78 is 9.40. The van der Waals surface area contributed by atoms with Crippen molar-refractivity contribution in [1.29, 1.82) is 0 Å². The SMILES string of the molecule is C=CC(=O)OCCOC(=O)CN(CCN(CC(=O)O)CC(=O)O)CC(=O)O. The van der Waals surface area contributed by atoms with Gasteiger partial charge < -0.3 is 24.8 Å². The zero-order chi connectivity index (χ0) is 20.8. The Morgan fingerprint density at radius 3 is 1.56 bits per heavy atom. The average molecular weight is 390 g/mol. The van der Waals surface area contributed by atoms with Gasteiger partial charge in [0, 0.05) is 19.2 Å². The van der Waals surface area contributed by atoms with Gasteiger partial charge in [-0.15, -0.1) is 0 Å². The van der Waals surface area contributed by atoms with Crippen molar-refractivity contribution in [2.45, 2.75) is 0 Å². The maximum atomic E-state index is 11.7. The third-order valence-electron chi connectivity index (χ3n) is 2.92. The lowest BCUT2D eigenvalue weighted by Crippen LogP contribution is -2.43. The van der Waals surface area contributed by atoms with Crippen LogP contribution >= 0.6 is 0 Å². The Labute approximate surface area is 154 Å². The monoisotopic (exact) mass is 390 g/mol. The summed E-state index contributed by atoms with van der Waals surface area (Å²) in [6.07, 6.45) is 0.941. The van der Waals surface area contributed by atoms with Crippen LogP contribution in [0.4, 0.5) is 0 Å². The van der Waals surface area contributed by atoms with Gasteiger partial charge in [0.25, 0.3) is 0 Å². The third kappa shape index (κ3) is 13.9. The van der Waals surface area contributed by atoms with E-state index in [0.29, 0.717) is 0 Å². The first-order valence-electron chi connectivity index (χ1n) is 7.69. The number of carboxylic acid groups (broad SMARTS) is 3. The first-order valence-corrected chi connectivity index (χ1v) is 7.69. The van der Waals surface area contributed by atoms with Crippen LogP contribution in [0.15, 0.2) is 12.7 Å². The molecule has 0 aliphatic heterocycles. The smallest absolute Gasteiger partial charge is 0.330 e. The number of aliphatic carboxylic acids is 3. The van der Waals surface area contributed by atoms with Gasteiger partial charge in [-0.25, -0.2) is 4.79 Å². The molecule has 0 fully saturated rings. The Bertz CT molecular complexity index is 547. The molecule has 0 heterocycles. The van der Waals surface area contributed by atoms with Crippen molar-refractivity contribution in [3.63, 3.8) is 0 Å². The fourth-order valence-corrected chi connectivity index (χ4v) is 1.87. The van der Waals surface area contributed by atoms with Gasteiger partial charge in [0.05, 0.1) is 26.2 Å². The normalized spacial score (nSPS) is 10.4. The molecule has 12 nitrogen and oxygen atoms in total. The van der Waals surface area contributed by atoms with E-state index < -0.39 is 56.0 Å². The largest absolute Gasteiger partial charge is 0.480 e. The maximum absolute atomic E-state index is 11.7. The highest BCUT2D eigenvalue weighted by atomic mass is 16.6. The van der Waals surface area contributed by atoms with Crippen LogP contribution in [0.25, 0.3) is 0 Å². The van der Waals surface area contributed by atoms with Gasteiger partial charge in [0.1, 0.15) is 13.2 Å². The summed E-state index contributed by atoms with van der Waals surface area (Å²) in [6.45, 7) is 0.547. The molecule has 0 saturated carbocycles. The van der Waals surface area contributed by atoms with Crippen molar-refractivity contribution in [3.8, 4) is 0 Å². The lowest BCUT2D eigenvalue weighted by molar-refractivity contribution is -0.151. The molecule has 0 rings (SSSR count). The van der Waals surface area contributed by atoms with Crippen LogP contribution in [0.2, 0.25) is 0 Å². The topological polar surface area (TPSA) is 171 Å². The second kappa shape index (κ2) is 13.2. The van der Waals surface area contributed by atoms with E-state index in [4.69, 9.17) is 20.1 Å². The predicted molar refractivity (Wildman–Crippen MR) is 87.9 cm³/mol. The second-order valence-corrected chi connectivity index (χ2v) is 5.19. The van der Waals surface area contributed by atoms with Crippen molar-refractivity contribution in [1.82, 2.24) is 9.80 Å². The molecule has 0 bridgehead atoms. The molecule has 0 aromatic carbocycles. The number of rotatable bonds is 15. The van der Waals surface area contributed by atoms with E-state index in [9.17, 15) is 24.0 Å². The molecule has 0 aliphatic rings. The quantitative estimate of drug-likeness (QED) is 0.162. The fraction of sp³-hybridized carbons (Fsp3) is 0.533. The molecule has 0 radical (unpaired) electrons. The minimum absolute atomic E-state index is 0.0760. The summed E-state index contributed by atoms with van der Waals surface area (Å²) >= 11 is 0. The lowest BCUT2D eigenvalue weighted by atomic mass is 10.4. The van der Waals surface area contributed by atoms with E-state index in [1.165, 1.54) is 0 Å². The lowest BCUT2D eigenvalue weighted by Gasteiger charge is -2.24. The molecule has 0 saturated heterocycles. The number of carbonyl (C=O) groups excluding carboxylic acids is 2. The number of nitrogens with zero attached hydrogens (tertiary/aromatic N) is 2. The van der Waals surface area contributed by atoms with Gasteiger partial charge in [-0.05, 0) is 0 Å². The van der Waals surface area contributed by atoms with Crippen LogP contribution in [-0.2, 0) is 33.4 Å². The van der Waals surface area contributed by atoms with E-state index in [1.54, 1.807) is 0 Å².